The van der Waals surface area contributed by atoms with Gasteiger partial charge in [0.15, 0.2) is 11.2 Å². The number of imidazole rings is 2. The Morgan fingerprint density at radius 3 is 2.41 bits per heavy atom. The van der Waals surface area contributed by atoms with Crippen molar-refractivity contribution in [2.24, 2.45) is 7.05 Å². The van der Waals surface area contributed by atoms with Crippen LogP contribution in [0.4, 0.5) is 0 Å². The quantitative estimate of drug-likeness (QED) is 0.454. The number of benzene rings is 2. The van der Waals surface area contributed by atoms with Crippen molar-refractivity contribution in [3.05, 3.63) is 86.7 Å². The number of hydrogen-bond acceptors (Lipinski definition) is 4. The minimum Gasteiger partial charge on any atom is -0.480 e. The number of carboxylic acids is 1. The second-order valence-corrected chi connectivity index (χ2v) is 7.71. The van der Waals surface area contributed by atoms with E-state index in [1.165, 1.54) is 11.6 Å². The Balaban J connectivity index is 1.93. The molecule has 0 atom stereocenters. The van der Waals surface area contributed by atoms with E-state index >= 15 is 0 Å². The van der Waals surface area contributed by atoms with Gasteiger partial charge >= 0.3 is 11.7 Å². The number of halogens is 1. The molecule has 0 aliphatic rings. The molecule has 0 saturated heterocycles. The molecular weight excluding hydrogens is 434 g/mol. The number of rotatable bonds is 4. The molecular formula is C22H16ClN5O4. The summed E-state index contributed by atoms with van der Waals surface area (Å²) in [5, 5.41) is 9.74. The van der Waals surface area contributed by atoms with Gasteiger partial charge in [-0.15, -0.1) is 0 Å². The number of fused-ring (bicyclic) bond motifs is 3. The number of aryl methyl sites for hydroxylation is 1. The molecule has 5 rings (SSSR count). The molecule has 0 radical (unpaired) electrons. The standard InChI is InChI=1S/C22H16ClN5O4/c1-25-19-18(20(31)27(22(25)32)12-17(29)30)26-11-16(13-5-3-2-4-6-13)28(21(26)24-19)15-9-7-14(23)8-10-15/h2-11H,12H2,1H3,(H,29,30). The van der Waals surface area contributed by atoms with Crippen LogP contribution in [0.1, 0.15) is 0 Å². The summed E-state index contributed by atoms with van der Waals surface area (Å²) >= 11 is 6.07. The van der Waals surface area contributed by atoms with Gasteiger partial charge in [0.2, 0.25) is 5.78 Å². The number of hydrogen-bond donors (Lipinski definition) is 1. The first-order chi connectivity index (χ1) is 15.4. The van der Waals surface area contributed by atoms with Crippen molar-refractivity contribution in [1.29, 1.82) is 0 Å². The molecule has 2 aromatic carbocycles. The van der Waals surface area contributed by atoms with Crippen molar-refractivity contribution in [3.63, 3.8) is 0 Å². The third kappa shape index (κ3) is 2.94. The van der Waals surface area contributed by atoms with Crippen LogP contribution in [0.2, 0.25) is 5.02 Å². The first kappa shape index (κ1) is 19.8. The normalized spacial score (nSPS) is 11.4. The zero-order chi connectivity index (χ0) is 22.6. The number of nitrogens with zero attached hydrogens (tertiary/aromatic N) is 5. The monoisotopic (exact) mass is 449 g/mol. The third-order valence-electron chi connectivity index (χ3n) is 5.30. The largest absolute Gasteiger partial charge is 0.480 e. The van der Waals surface area contributed by atoms with Gasteiger partial charge in [0, 0.05) is 29.5 Å². The topological polar surface area (TPSA) is 104 Å². The summed E-state index contributed by atoms with van der Waals surface area (Å²) in [6, 6.07) is 16.7. The lowest BCUT2D eigenvalue weighted by Gasteiger charge is -2.09. The van der Waals surface area contributed by atoms with Crippen LogP contribution >= 0.6 is 11.6 Å². The first-order valence-electron chi connectivity index (χ1n) is 9.63. The van der Waals surface area contributed by atoms with Crippen molar-refractivity contribution >= 4 is 34.5 Å². The van der Waals surface area contributed by atoms with Gasteiger partial charge in [-0.3, -0.25) is 23.1 Å². The Bertz CT molecular complexity index is 1630. The number of aromatic nitrogens is 5. The molecule has 0 aliphatic carbocycles. The Morgan fingerprint density at radius 1 is 1.06 bits per heavy atom. The maximum Gasteiger partial charge on any atom is 0.333 e. The van der Waals surface area contributed by atoms with Crippen LogP contribution in [0.15, 0.2) is 70.4 Å². The Kier molecular flexibility index (Phi) is 4.49. The summed E-state index contributed by atoms with van der Waals surface area (Å²) in [5.41, 5.74) is 1.23. The maximum absolute atomic E-state index is 13.1. The molecule has 0 saturated carbocycles. The van der Waals surface area contributed by atoms with Gasteiger partial charge in [-0.05, 0) is 24.3 Å². The van der Waals surface area contributed by atoms with Gasteiger partial charge in [0.25, 0.3) is 5.56 Å². The molecule has 3 aromatic heterocycles. The van der Waals surface area contributed by atoms with Gasteiger partial charge in [-0.25, -0.2) is 9.36 Å². The van der Waals surface area contributed by atoms with E-state index in [0.29, 0.717) is 15.4 Å². The zero-order valence-electron chi connectivity index (χ0n) is 16.8. The van der Waals surface area contributed by atoms with E-state index in [1.807, 2.05) is 47.0 Å². The van der Waals surface area contributed by atoms with Gasteiger partial charge in [-0.1, -0.05) is 41.9 Å². The van der Waals surface area contributed by atoms with E-state index in [2.05, 4.69) is 4.98 Å². The van der Waals surface area contributed by atoms with Crippen molar-refractivity contribution in [1.82, 2.24) is 23.1 Å². The molecule has 160 valence electrons. The predicted molar refractivity (Wildman–Crippen MR) is 120 cm³/mol. The smallest absolute Gasteiger partial charge is 0.333 e. The van der Waals surface area contributed by atoms with Crippen molar-refractivity contribution in [2.45, 2.75) is 6.54 Å². The average molecular weight is 450 g/mol. The van der Waals surface area contributed by atoms with Gasteiger partial charge in [-0.2, -0.15) is 4.98 Å². The fraction of sp³-hybridized carbons (Fsp3) is 0.0909. The molecule has 1 N–H and O–H groups in total. The third-order valence-corrected chi connectivity index (χ3v) is 5.55. The van der Waals surface area contributed by atoms with E-state index in [4.69, 9.17) is 16.7 Å². The maximum atomic E-state index is 13.1. The second kappa shape index (κ2) is 7.24. The van der Waals surface area contributed by atoms with E-state index in [-0.39, 0.29) is 11.2 Å². The highest BCUT2D eigenvalue weighted by molar-refractivity contribution is 6.30. The summed E-state index contributed by atoms with van der Waals surface area (Å²) in [6.07, 6.45) is 1.76. The lowest BCUT2D eigenvalue weighted by Crippen LogP contribution is -2.41. The van der Waals surface area contributed by atoms with Crippen LogP contribution in [0, 0.1) is 0 Å². The summed E-state index contributed by atoms with van der Waals surface area (Å²) in [5.74, 6) is -0.880. The van der Waals surface area contributed by atoms with Crippen LogP contribution in [-0.4, -0.2) is 34.2 Å². The van der Waals surface area contributed by atoms with Crippen LogP contribution in [-0.2, 0) is 18.4 Å². The highest BCUT2D eigenvalue weighted by Gasteiger charge is 2.23. The fourth-order valence-electron chi connectivity index (χ4n) is 3.83. The molecule has 10 heteroatoms. The molecule has 0 fully saturated rings. The number of carbonyl (C=O) groups is 1. The lowest BCUT2D eigenvalue weighted by atomic mass is 10.1. The first-order valence-corrected chi connectivity index (χ1v) is 10.0. The van der Waals surface area contributed by atoms with Crippen molar-refractivity contribution in [2.75, 3.05) is 0 Å². The molecule has 32 heavy (non-hydrogen) atoms. The zero-order valence-corrected chi connectivity index (χ0v) is 17.5. The van der Waals surface area contributed by atoms with Crippen molar-refractivity contribution < 1.29 is 9.90 Å². The molecule has 0 amide bonds. The molecule has 0 spiro atoms. The SMILES string of the molecule is Cn1c(=O)n(CC(=O)O)c(=O)c2c1nc1n(-c3ccc(Cl)cc3)c(-c3ccccc3)cn21. The fourth-order valence-corrected chi connectivity index (χ4v) is 3.95. The van der Waals surface area contributed by atoms with Crippen LogP contribution in [0.25, 0.3) is 33.9 Å². The molecule has 3 heterocycles. The average Bonchev–Trinajstić information content (AvgIpc) is 3.33. The summed E-state index contributed by atoms with van der Waals surface area (Å²) in [7, 11) is 1.46. The predicted octanol–water partition coefficient (Wildman–Crippen LogP) is 2.54. The molecule has 0 unspecified atom stereocenters. The van der Waals surface area contributed by atoms with Gasteiger partial charge in [0.1, 0.15) is 6.54 Å². The number of aliphatic carboxylic acids is 1. The molecule has 5 aromatic rings. The summed E-state index contributed by atoms with van der Waals surface area (Å²) in [4.78, 5) is 41.6. The van der Waals surface area contributed by atoms with Crippen LogP contribution < -0.4 is 11.2 Å². The Morgan fingerprint density at radius 2 is 1.75 bits per heavy atom. The minimum absolute atomic E-state index is 0.119. The molecule has 0 aliphatic heterocycles. The van der Waals surface area contributed by atoms with E-state index < -0.39 is 23.8 Å². The lowest BCUT2D eigenvalue weighted by molar-refractivity contribution is -0.137. The Labute approximate surface area is 185 Å². The van der Waals surface area contributed by atoms with Gasteiger partial charge < -0.3 is 5.11 Å². The molecule has 0 bridgehead atoms. The van der Waals surface area contributed by atoms with Crippen molar-refractivity contribution in [3.8, 4) is 16.9 Å². The molecule has 9 nitrogen and oxygen atoms in total. The summed E-state index contributed by atoms with van der Waals surface area (Å²) in [6.45, 7) is -0.738. The minimum atomic E-state index is -1.28. The Hall–Kier alpha value is -4.11. The van der Waals surface area contributed by atoms with E-state index in [0.717, 1.165) is 16.9 Å². The van der Waals surface area contributed by atoms with Crippen LogP contribution in [0.3, 0.4) is 0 Å². The van der Waals surface area contributed by atoms with E-state index in [1.54, 1.807) is 22.7 Å². The highest BCUT2D eigenvalue weighted by atomic mass is 35.5. The van der Waals surface area contributed by atoms with Crippen LogP contribution in [0.5, 0.6) is 0 Å². The summed E-state index contributed by atoms with van der Waals surface area (Å²) < 4.78 is 5.32. The number of carboxylic acid groups (broad SMARTS) is 1. The second-order valence-electron chi connectivity index (χ2n) is 7.27. The van der Waals surface area contributed by atoms with Gasteiger partial charge in [0.05, 0.1) is 5.69 Å². The van der Waals surface area contributed by atoms with E-state index in [9.17, 15) is 14.4 Å². The highest BCUT2D eigenvalue weighted by Crippen LogP contribution is 2.29.